The molecule has 1 saturated carbocycles. The van der Waals surface area contributed by atoms with E-state index in [1.165, 1.54) is 6.07 Å². The summed E-state index contributed by atoms with van der Waals surface area (Å²) in [6.45, 7) is -0.282. The molecule has 1 aromatic carbocycles. The second-order valence-electron chi connectivity index (χ2n) is 3.93. The lowest BCUT2D eigenvalue weighted by Crippen LogP contribution is -2.15. The minimum atomic E-state index is -0.341. The van der Waals surface area contributed by atoms with E-state index in [-0.39, 0.29) is 29.8 Å². The molecule has 0 bridgehead atoms. The molecule has 17 heavy (non-hydrogen) atoms. The Morgan fingerprint density at radius 1 is 1.29 bits per heavy atom. The van der Waals surface area contributed by atoms with Gasteiger partial charge >= 0.3 is 5.97 Å². The van der Waals surface area contributed by atoms with Gasteiger partial charge in [0.05, 0.1) is 10.9 Å². The fourth-order valence-corrected chi connectivity index (χ4v) is 1.76. The highest BCUT2D eigenvalue weighted by atomic mass is 35.5. The maximum atomic E-state index is 11.7. The van der Waals surface area contributed by atoms with Crippen LogP contribution < -0.4 is 0 Å². The van der Waals surface area contributed by atoms with Gasteiger partial charge in [-0.15, -0.1) is 0 Å². The van der Waals surface area contributed by atoms with Gasteiger partial charge in [0.15, 0.2) is 6.61 Å². The van der Waals surface area contributed by atoms with Crippen LogP contribution in [-0.2, 0) is 9.53 Å². The highest BCUT2D eigenvalue weighted by molar-refractivity contribution is 6.36. The van der Waals surface area contributed by atoms with Crippen molar-refractivity contribution >= 4 is 35.0 Å². The molecule has 1 aliphatic carbocycles. The van der Waals surface area contributed by atoms with Crippen LogP contribution in [-0.4, -0.2) is 18.4 Å². The smallest absolute Gasteiger partial charge is 0.309 e. The molecule has 3 nitrogen and oxygen atoms in total. The molecule has 0 atom stereocenters. The molecule has 0 aliphatic heterocycles. The number of halogens is 2. The van der Waals surface area contributed by atoms with Crippen LogP contribution in [0.4, 0.5) is 0 Å². The Morgan fingerprint density at radius 3 is 2.65 bits per heavy atom. The van der Waals surface area contributed by atoms with Gasteiger partial charge in [-0.05, 0) is 31.0 Å². The van der Waals surface area contributed by atoms with E-state index in [9.17, 15) is 9.59 Å². The number of rotatable bonds is 4. The molecule has 0 spiro atoms. The van der Waals surface area contributed by atoms with Gasteiger partial charge in [0.1, 0.15) is 0 Å². The monoisotopic (exact) mass is 272 g/mol. The molecule has 0 saturated heterocycles. The molecule has 2 rings (SSSR count). The predicted molar refractivity (Wildman–Crippen MR) is 64.5 cm³/mol. The Labute approximate surface area is 109 Å². The first-order valence-corrected chi connectivity index (χ1v) is 5.98. The lowest BCUT2D eigenvalue weighted by atomic mass is 10.1. The van der Waals surface area contributed by atoms with Crippen LogP contribution in [0.1, 0.15) is 23.2 Å². The van der Waals surface area contributed by atoms with Crippen molar-refractivity contribution in [2.24, 2.45) is 5.92 Å². The third kappa shape index (κ3) is 3.20. The highest BCUT2D eigenvalue weighted by Gasteiger charge is 2.31. The Bertz CT molecular complexity index is 467. The second kappa shape index (κ2) is 5.07. The molecule has 90 valence electrons. The molecule has 0 heterocycles. The lowest BCUT2D eigenvalue weighted by molar-refractivity contribution is -0.144. The van der Waals surface area contributed by atoms with Crippen molar-refractivity contribution in [2.45, 2.75) is 12.8 Å². The van der Waals surface area contributed by atoms with E-state index < -0.39 is 0 Å². The zero-order valence-electron chi connectivity index (χ0n) is 8.91. The topological polar surface area (TPSA) is 43.4 Å². The molecule has 0 N–H and O–H groups in total. The first kappa shape index (κ1) is 12.4. The summed E-state index contributed by atoms with van der Waals surface area (Å²) in [6.07, 6.45) is 1.70. The first-order valence-electron chi connectivity index (χ1n) is 5.23. The zero-order valence-corrected chi connectivity index (χ0v) is 10.4. The van der Waals surface area contributed by atoms with Crippen LogP contribution in [0.2, 0.25) is 10.0 Å². The van der Waals surface area contributed by atoms with Gasteiger partial charge in [0.25, 0.3) is 0 Å². The molecule has 1 aliphatic rings. The first-order chi connectivity index (χ1) is 8.08. The number of Topliss-reactive ketones (excluding diaryl/α,β-unsaturated/α-hetero) is 1. The van der Waals surface area contributed by atoms with Gasteiger partial charge in [-0.1, -0.05) is 23.2 Å². The summed E-state index contributed by atoms with van der Waals surface area (Å²) in [4.78, 5) is 23.0. The molecule has 0 amide bonds. The summed E-state index contributed by atoms with van der Waals surface area (Å²) >= 11 is 11.6. The van der Waals surface area contributed by atoms with E-state index in [0.717, 1.165) is 12.8 Å². The highest BCUT2D eigenvalue weighted by Crippen LogP contribution is 2.30. The number of hydrogen-bond acceptors (Lipinski definition) is 3. The van der Waals surface area contributed by atoms with Crippen LogP contribution in [0.3, 0.4) is 0 Å². The number of hydrogen-bond donors (Lipinski definition) is 0. The minimum Gasteiger partial charge on any atom is -0.457 e. The number of ether oxygens (including phenoxy) is 1. The molecule has 1 aromatic rings. The van der Waals surface area contributed by atoms with Crippen LogP contribution in [0.15, 0.2) is 18.2 Å². The molecule has 1 fully saturated rings. The van der Waals surface area contributed by atoms with E-state index in [1.807, 2.05) is 0 Å². The quantitative estimate of drug-likeness (QED) is 0.625. The predicted octanol–water partition coefficient (Wildman–Crippen LogP) is 3.13. The fraction of sp³-hybridized carbons (Fsp3) is 0.333. The molecular formula is C12H10Cl2O3. The summed E-state index contributed by atoms with van der Waals surface area (Å²) < 4.78 is 4.89. The van der Waals surface area contributed by atoms with Crippen LogP contribution in [0.25, 0.3) is 0 Å². The molecule has 0 aromatic heterocycles. The van der Waals surface area contributed by atoms with Gasteiger partial charge < -0.3 is 4.74 Å². The average Bonchev–Trinajstić information content (AvgIpc) is 3.12. The number of carbonyl (C=O) groups is 2. The maximum absolute atomic E-state index is 11.7. The Balaban J connectivity index is 1.98. The zero-order chi connectivity index (χ0) is 12.4. The number of carbonyl (C=O) groups excluding carboxylic acids is 2. The van der Waals surface area contributed by atoms with Crippen LogP contribution >= 0.6 is 23.2 Å². The molecule has 0 unspecified atom stereocenters. The van der Waals surface area contributed by atoms with E-state index in [1.54, 1.807) is 12.1 Å². The average molecular weight is 273 g/mol. The van der Waals surface area contributed by atoms with E-state index in [0.29, 0.717) is 10.0 Å². The lowest BCUT2D eigenvalue weighted by Gasteiger charge is -2.05. The normalized spacial score (nSPS) is 14.5. The molecule has 0 radical (unpaired) electrons. The maximum Gasteiger partial charge on any atom is 0.309 e. The minimum absolute atomic E-state index is 0.0161. The van der Waals surface area contributed by atoms with Crippen molar-refractivity contribution in [1.29, 1.82) is 0 Å². The molecule has 5 heteroatoms. The second-order valence-corrected chi connectivity index (χ2v) is 4.77. The summed E-state index contributed by atoms with van der Waals surface area (Å²) in [5, 5.41) is 0.730. The number of esters is 1. The van der Waals surface area contributed by atoms with Gasteiger partial charge in [-0.25, -0.2) is 0 Å². The SMILES string of the molecule is O=C(COC(=O)C1CC1)c1cc(Cl)ccc1Cl. The van der Waals surface area contributed by atoms with E-state index in [4.69, 9.17) is 27.9 Å². The number of ketones is 1. The van der Waals surface area contributed by atoms with E-state index in [2.05, 4.69) is 0 Å². The standard InChI is InChI=1S/C12H10Cl2O3/c13-8-3-4-10(14)9(5-8)11(15)6-17-12(16)7-1-2-7/h3-5,7H,1-2,6H2. The van der Waals surface area contributed by atoms with Crippen molar-refractivity contribution in [3.8, 4) is 0 Å². The van der Waals surface area contributed by atoms with Crippen molar-refractivity contribution in [1.82, 2.24) is 0 Å². The van der Waals surface area contributed by atoms with Crippen molar-refractivity contribution in [3.63, 3.8) is 0 Å². The summed E-state index contributed by atoms with van der Waals surface area (Å²) in [5.41, 5.74) is 0.280. The van der Waals surface area contributed by atoms with Gasteiger partial charge in [-0.2, -0.15) is 0 Å². The third-order valence-corrected chi connectivity index (χ3v) is 3.05. The Hall–Kier alpha value is -1.06. The van der Waals surface area contributed by atoms with Crippen molar-refractivity contribution in [3.05, 3.63) is 33.8 Å². The summed E-state index contributed by atoms with van der Waals surface area (Å²) in [6, 6.07) is 4.61. The van der Waals surface area contributed by atoms with Gasteiger partial charge in [0, 0.05) is 10.6 Å². The molecular weight excluding hydrogens is 263 g/mol. The van der Waals surface area contributed by atoms with Gasteiger partial charge in [-0.3, -0.25) is 9.59 Å². The van der Waals surface area contributed by atoms with Crippen LogP contribution in [0.5, 0.6) is 0 Å². The Kier molecular flexibility index (Phi) is 3.69. The van der Waals surface area contributed by atoms with Crippen LogP contribution in [0, 0.1) is 5.92 Å². The number of benzene rings is 1. The largest absolute Gasteiger partial charge is 0.457 e. The van der Waals surface area contributed by atoms with Crippen molar-refractivity contribution in [2.75, 3.05) is 6.61 Å². The van der Waals surface area contributed by atoms with Crippen molar-refractivity contribution < 1.29 is 14.3 Å². The van der Waals surface area contributed by atoms with E-state index >= 15 is 0 Å². The fourth-order valence-electron chi connectivity index (χ4n) is 1.36. The Morgan fingerprint density at radius 2 is 2.00 bits per heavy atom. The summed E-state index contributed by atoms with van der Waals surface area (Å²) in [7, 11) is 0. The van der Waals surface area contributed by atoms with Gasteiger partial charge in [0.2, 0.25) is 5.78 Å². The summed E-state index contributed by atoms with van der Waals surface area (Å²) in [5.74, 6) is -0.666. The third-order valence-electron chi connectivity index (χ3n) is 2.49.